The largest absolute Gasteiger partial charge is 0.484 e. The SMILES string of the molecule is NC(=O)COc1ccc(CNc2cc(F)cc(Cl)c2)cc1. The van der Waals surface area contributed by atoms with E-state index in [0.29, 0.717) is 23.0 Å². The van der Waals surface area contributed by atoms with Gasteiger partial charge in [-0.1, -0.05) is 23.7 Å². The molecule has 0 spiro atoms. The molecule has 2 aromatic carbocycles. The van der Waals surface area contributed by atoms with Gasteiger partial charge in [0.25, 0.3) is 5.91 Å². The Morgan fingerprint density at radius 1 is 1.24 bits per heavy atom. The van der Waals surface area contributed by atoms with E-state index in [9.17, 15) is 9.18 Å². The predicted molar refractivity (Wildman–Crippen MR) is 79.9 cm³/mol. The lowest BCUT2D eigenvalue weighted by atomic mass is 10.2. The second-order valence-electron chi connectivity index (χ2n) is 4.41. The molecule has 1 amide bonds. The smallest absolute Gasteiger partial charge is 0.255 e. The Balaban J connectivity index is 1.92. The lowest BCUT2D eigenvalue weighted by molar-refractivity contribution is -0.119. The van der Waals surface area contributed by atoms with Gasteiger partial charge in [-0.05, 0) is 35.9 Å². The van der Waals surface area contributed by atoms with Crippen molar-refractivity contribution in [3.05, 3.63) is 58.9 Å². The fourth-order valence-electron chi connectivity index (χ4n) is 1.72. The van der Waals surface area contributed by atoms with Crippen LogP contribution in [0.15, 0.2) is 42.5 Å². The number of nitrogens with one attached hydrogen (secondary N) is 1. The Labute approximate surface area is 126 Å². The van der Waals surface area contributed by atoms with Gasteiger partial charge in [-0.15, -0.1) is 0 Å². The molecule has 2 aromatic rings. The van der Waals surface area contributed by atoms with Crippen LogP contribution in [0.4, 0.5) is 10.1 Å². The number of carbonyl (C=O) groups is 1. The summed E-state index contributed by atoms with van der Waals surface area (Å²) >= 11 is 5.78. The fraction of sp³-hybridized carbons (Fsp3) is 0.133. The van der Waals surface area contributed by atoms with Gasteiger partial charge >= 0.3 is 0 Å². The van der Waals surface area contributed by atoms with E-state index in [1.165, 1.54) is 12.1 Å². The van der Waals surface area contributed by atoms with Crippen LogP contribution in [0.5, 0.6) is 5.75 Å². The summed E-state index contributed by atoms with van der Waals surface area (Å²) < 4.78 is 18.3. The molecule has 0 heterocycles. The molecular formula is C15H14ClFN2O2. The lowest BCUT2D eigenvalue weighted by Crippen LogP contribution is -2.19. The van der Waals surface area contributed by atoms with E-state index < -0.39 is 5.91 Å². The van der Waals surface area contributed by atoms with Crippen LogP contribution in [0.25, 0.3) is 0 Å². The predicted octanol–water partition coefficient (Wildman–Crippen LogP) is 2.96. The van der Waals surface area contributed by atoms with Crippen molar-refractivity contribution in [2.45, 2.75) is 6.54 Å². The number of halogens is 2. The minimum atomic E-state index is -0.524. The van der Waals surface area contributed by atoms with Crippen LogP contribution >= 0.6 is 11.6 Å². The lowest BCUT2D eigenvalue weighted by Gasteiger charge is -2.08. The molecule has 110 valence electrons. The molecule has 0 unspecified atom stereocenters. The van der Waals surface area contributed by atoms with Crippen LogP contribution in [-0.4, -0.2) is 12.5 Å². The monoisotopic (exact) mass is 308 g/mol. The Morgan fingerprint density at radius 3 is 2.57 bits per heavy atom. The normalized spacial score (nSPS) is 10.2. The maximum absolute atomic E-state index is 13.2. The molecule has 0 saturated heterocycles. The molecule has 0 aliphatic rings. The van der Waals surface area contributed by atoms with Crippen molar-refractivity contribution in [3.63, 3.8) is 0 Å². The maximum Gasteiger partial charge on any atom is 0.255 e. The third-order valence-electron chi connectivity index (χ3n) is 2.66. The summed E-state index contributed by atoms with van der Waals surface area (Å²) in [5, 5.41) is 3.41. The number of amides is 1. The van der Waals surface area contributed by atoms with E-state index in [1.54, 1.807) is 18.2 Å². The van der Waals surface area contributed by atoms with Crippen LogP contribution in [0.1, 0.15) is 5.56 Å². The zero-order valence-corrected chi connectivity index (χ0v) is 11.9. The van der Waals surface area contributed by atoms with E-state index in [4.69, 9.17) is 22.1 Å². The average molecular weight is 309 g/mol. The summed E-state index contributed by atoms with van der Waals surface area (Å²) in [6.07, 6.45) is 0. The van der Waals surface area contributed by atoms with Gasteiger partial charge in [0.2, 0.25) is 0 Å². The van der Waals surface area contributed by atoms with Gasteiger partial charge in [0.1, 0.15) is 11.6 Å². The second-order valence-corrected chi connectivity index (χ2v) is 4.85. The minimum absolute atomic E-state index is 0.153. The first-order valence-corrected chi connectivity index (χ1v) is 6.61. The Bertz CT molecular complexity index is 612. The molecule has 0 aliphatic carbocycles. The quantitative estimate of drug-likeness (QED) is 0.862. The van der Waals surface area contributed by atoms with Crippen molar-refractivity contribution in [1.82, 2.24) is 0 Å². The molecule has 0 atom stereocenters. The first-order valence-electron chi connectivity index (χ1n) is 6.23. The Hall–Kier alpha value is -2.27. The fourth-order valence-corrected chi connectivity index (χ4v) is 1.94. The van der Waals surface area contributed by atoms with E-state index in [0.717, 1.165) is 5.56 Å². The van der Waals surface area contributed by atoms with E-state index in [1.807, 2.05) is 12.1 Å². The minimum Gasteiger partial charge on any atom is -0.484 e. The molecule has 21 heavy (non-hydrogen) atoms. The highest BCUT2D eigenvalue weighted by Crippen LogP contribution is 2.19. The van der Waals surface area contributed by atoms with Crippen LogP contribution in [-0.2, 0) is 11.3 Å². The summed E-state index contributed by atoms with van der Waals surface area (Å²) in [6, 6.07) is 11.4. The number of ether oxygens (including phenoxy) is 1. The standard InChI is InChI=1S/C15H14ClFN2O2/c16-11-5-12(17)7-13(6-11)19-8-10-1-3-14(4-2-10)21-9-15(18)20/h1-7,19H,8-9H2,(H2,18,20). The van der Waals surface area contributed by atoms with Gasteiger partial charge in [-0.3, -0.25) is 4.79 Å². The third-order valence-corrected chi connectivity index (χ3v) is 2.88. The molecule has 0 fully saturated rings. The van der Waals surface area contributed by atoms with Crippen LogP contribution in [0.3, 0.4) is 0 Å². The Morgan fingerprint density at radius 2 is 1.95 bits per heavy atom. The molecule has 4 nitrogen and oxygen atoms in total. The number of primary amides is 1. The summed E-state index contributed by atoms with van der Waals surface area (Å²) in [7, 11) is 0. The van der Waals surface area contributed by atoms with Crippen LogP contribution in [0, 0.1) is 5.82 Å². The maximum atomic E-state index is 13.2. The molecule has 0 saturated carbocycles. The van der Waals surface area contributed by atoms with Gasteiger partial charge in [0, 0.05) is 17.3 Å². The number of hydrogen-bond donors (Lipinski definition) is 2. The topological polar surface area (TPSA) is 64.4 Å². The van der Waals surface area contributed by atoms with Crippen LogP contribution < -0.4 is 15.8 Å². The van der Waals surface area contributed by atoms with Crippen molar-refractivity contribution in [2.24, 2.45) is 5.73 Å². The van der Waals surface area contributed by atoms with Crippen molar-refractivity contribution >= 4 is 23.2 Å². The summed E-state index contributed by atoms with van der Waals surface area (Å²) in [5.41, 5.74) is 6.57. The molecule has 0 bridgehead atoms. The van der Waals surface area contributed by atoms with Gasteiger partial charge in [0.05, 0.1) is 0 Å². The summed E-state index contributed by atoms with van der Waals surface area (Å²) in [6.45, 7) is 0.356. The first kappa shape index (κ1) is 15.1. The van der Waals surface area contributed by atoms with Gasteiger partial charge in [0.15, 0.2) is 6.61 Å². The average Bonchev–Trinajstić information content (AvgIpc) is 2.43. The number of rotatable bonds is 6. The molecule has 6 heteroatoms. The van der Waals surface area contributed by atoms with Crippen molar-refractivity contribution in [1.29, 1.82) is 0 Å². The number of anilines is 1. The van der Waals surface area contributed by atoms with E-state index >= 15 is 0 Å². The zero-order valence-electron chi connectivity index (χ0n) is 11.1. The third kappa shape index (κ3) is 4.96. The number of hydrogen-bond acceptors (Lipinski definition) is 3. The molecule has 0 aromatic heterocycles. The molecule has 2 rings (SSSR count). The zero-order chi connectivity index (χ0) is 15.2. The van der Waals surface area contributed by atoms with E-state index in [-0.39, 0.29) is 12.4 Å². The van der Waals surface area contributed by atoms with E-state index in [2.05, 4.69) is 5.32 Å². The molecule has 0 aliphatic heterocycles. The molecule has 0 radical (unpaired) electrons. The van der Waals surface area contributed by atoms with Crippen molar-refractivity contribution < 1.29 is 13.9 Å². The first-order chi connectivity index (χ1) is 10.0. The highest BCUT2D eigenvalue weighted by atomic mass is 35.5. The summed E-state index contributed by atoms with van der Waals surface area (Å²) in [4.78, 5) is 10.6. The number of benzene rings is 2. The van der Waals surface area contributed by atoms with Crippen molar-refractivity contribution in [3.8, 4) is 5.75 Å². The number of nitrogens with two attached hydrogens (primary N) is 1. The van der Waals surface area contributed by atoms with Crippen LogP contribution in [0.2, 0.25) is 5.02 Å². The van der Waals surface area contributed by atoms with Gasteiger partial charge in [-0.2, -0.15) is 0 Å². The number of carbonyl (C=O) groups excluding carboxylic acids is 1. The Kier molecular flexibility index (Phi) is 5.00. The summed E-state index contributed by atoms with van der Waals surface area (Å²) in [5.74, 6) is -0.352. The van der Waals surface area contributed by atoms with Gasteiger partial charge in [-0.25, -0.2) is 4.39 Å². The van der Waals surface area contributed by atoms with Gasteiger partial charge < -0.3 is 15.8 Å². The second kappa shape index (κ2) is 6.95. The highest BCUT2D eigenvalue weighted by molar-refractivity contribution is 6.30. The molecular weight excluding hydrogens is 295 g/mol. The van der Waals surface area contributed by atoms with Crippen molar-refractivity contribution in [2.75, 3.05) is 11.9 Å². The highest BCUT2D eigenvalue weighted by Gasteiger charge is 2.01. The molecule has 3 N–H and O–H groups in total.